The highest BCUT2D eigenvalue weighted by molar-refractivity contribution is 6.03. The number of carbonyl (C=O) groups is 2. The number of rotatable bonds is 7. The van der Waals surface area contributed by atoms with Gasteiger partial charge in [0, 0.05) is 29.4 Å². The molecule has 2 N–H and O–H groups in total. The lowest BCUT2D eigenvalue weighted by molar-refractivity contribution is 0.101. The first-order valence-corrected chi connectivity index (χ1v) is 9.10. The number of nitrogens with one attached hydrogen (secondary N) is 2. The SMILES string of the molecule is COc1ccccc1CNc1cc(C(=O)Nc2ccc(C(C)=O)cc2)nc(C)n1. The van der Waals surface area contributed by atoms with Crippen LogP contribution in [-0.4, -0.2) is 28.8 Å². The molecule has 1 aromatic heterocycles. The molecule has 0 fully saturated rings. The van der Waals surface area contributed by atoms with Gasteiger partial charge in [-0.25, -0.2) is 9.97 Å². The average molecular weight is 390 g/mol. The maximum Gasteiger partial charge on any atom is 0.274 e. The second-order valence-corrected chi connectivity index (χ2v) is 6.44. The summed E-state index contributed by atoms with van der Waals surface area (Å²) >= 11 is 0. The molecule has 0 unspecified atom stereocenters. The molecule has 1 amide bonds. The summed E-state index contributed by atoms with van der Waals surface area (Å²) in [6.07, 6.45) is 0. The topological polar surface area (TPSA) is 93.2 Å². The predicted octanol–water partition coefficient (Wildman–Crippen LogP) is 3.86. The Hall–Kier alpha value is -3.74. The molecule has 0 aliphatic carbocycles. The fourth-order valence-electron chi connectivity index (χ4n) is 2.79. The molecule has 148 valence electrons. The Morgan fingerprint density at radius 3 is 2.45 bits per heavy atom. The smallest absolute Gasteiger partial charge is 0.274 e. The summed E-state index contributed by atoms with van der Waals surface area (Å²) in [6.45, 7) is 3.72. The van der Waals surface area contributed by atoms with E-state index < -0.39 is 0 Å². The van der Waals surface area contributed by atoms with Crippen molar-refractivity contribution < 1.29 is 14.3 Å². The minimum Gasteiger partial charge on any atom is -0.496 e. The van der Waals surface area contributed by atoms with E-state index in [1.807, 2.05) is 24.3 Å². The van der Waals surface area contributed by atoms with E-state index in [0.717, 1.165) is 11.3 Å². The van der Waals surface area contributed by atoms with Gasteiger partial charge < -0.3 is 15.4 Å². The highest BCUT2D eigenvalue weighted by Gasteiger charge is 2.12. The summed E-state index contributed by atoms with van der Waals surface area (Å²) < 4.78 is 5.35. The fraction of sp³-hybridized carbons (Fsp3) is 0.182. The van der Waals surface area contributed by atoms with Crippen LogP contribution in [0.25, 0.3) is 0 Å². The number of hydrogen-bond donors (Lipinski definition) is 2. The van der Waals surface area contributed by atoms with Gasteiger partial charge in [-0.2, -0.15) is 0 Å². The van der Waals surface area contributed by atoms with Crippen LogP contribution in [0.15, 0.2) is 54.6 Å². The number of amides is 1. The van der Waals surface area contributed by atoms with Gasteiger partial charge in [0.05, 0.1) is 7.11 Å². The van der Waals surface area contributed by atoms with Crippen molar-refractivity contribution in [2.24, 2.45) is 0 Å². The number of nitrogens with zero attached hydrogens (tertiary/aromatic N) is 2. The molecule has 0 bridgehead atoms. The molecule has 7 nitrogen and oxygen atoms in total. The Morgan fingerprint density at radius 2 is 1.76 bits per heavy atom. The lowest BCUT2D eigenvalue weighted by atomic mass is 10.1. The molecule has 0 radical (unpaired) electrons. The Balaban J connectivity index is 1.72. The molecule has 3 aromatic rings. The molecule has 0 spiro atoms. The van der Waals surface area contributed by atoms with E-state index in [1.54, 1.807) is 44.4 Å². The molecule has 0 saturated heterocycles. The zero-order chi connectivity index (χ0) is 20.8. The van der Waals surface area contributed by atoms with E-state index in [-0.39, 0.29) is 17.4 Å². The second-order valence-electron chi connectivity index (χ2n) is 6.44. The molecule has 0 atom stereocenters. The van der Waals surface area contributed by atoms with Crippen molar-refractivity contribution in [1.29, 1.82) is 0 Å². The first-order valence-electron chi connectivity index (χ1n) is 9.10. The quantitative estimate of drug-likeness (QED) is 0.595. The Labute approximate surface area is 169 Å². The summed E-state index contributed by atoms with van der Waals surface area (Å²) in [5.41, 5.74) is 2.39. The van der Waals surface area contributed by atoms with E-state index in [0.29, 0.717) is 29.4 Å². The monoisotopic (exact) mass is 390 g/mol. The molecule has 1 heterocycles. The van der Waals surface area contributed by atoms with Gasteiger partial charge in [0.25, 0.3) is 5.91 Å². The summed E-state index contributed by atoms with van der Waals surface area (Å²) in [5, 5.41) is 5.99. The first kappa shape index (κ1) is 20.0. The van der Waals surface area contributed by atoms with Crippen LogP contribution in [0.1, 0.15) is 39.2 Å². The summed E-state index contributed by atoms with van der Waals surface area (Å²) in [6, 6.07) is 16.0. The zero-order valence-corrected chi connectivity index (χ0v) is 16.5. The third kappa shape index (κ3) is 5.16. The molecule has 29 heavy (non-hydrogen) atoms. The number of anilines is 2. The third-order valence-electron chi connectivity index (χ3n) is 4.27. The number of para-hydroxylation sites is 1. The Kier molecular flexibility index (Phi) is 6.19. The van der Waals surface area contributed by atoms with Crippen LogP contribution in [0, 0.1) is 6.92 Å². The van der Waals surface area contributed by atoms with Crippen molar-refractivity contribution in [3.05, 3.63) is 77.2 Å². The lowest BCUT2D eigenvalue weighted by Crippen LogP contribution is -2.16. The highest BCUT2D eigenvalue weighted by atomic mass is 16.5. The van der Waals surface area contributed by atoms with Crippen molar-refractivity contribution in [3.8, 4) is 5.75 Å². The maximum atomic E-state index is 12.6. The summed E-state index contributed by atoms with van der Waals surface area (Å²) in [5.74, 6) is 1.41. The predicted molar refractivity (Wildman–Crippen MR) is 111 cm³/mol. The van der Waals surface area contributed by atoms with Crippen molar-refractivity contribution in [1.82, 2.24) is 9.97 Å². The minimum absolute atomic E-state index is 0.0277. The van der Waals surface area contributed by atoms with Crippen LogP contribution in [0.4, 0.5) is 11.5 Å². The lowest BCUT2D eigenvalue weighted by Gasteiger charge is -2.11. The third-order valence-corrected chi connectivity index (χ3v) is 4.27. The number of aromatic nitrogens is 2. The van der Waals surface area contributed by atoms with Crippen molar-refractivity contribution >= 4 is 23.2 Å². The number of hydrogen-bond acceptors (Lipinski definition) is 6. The van der Waals surface area contributed by atoms with Crippen molar-refractivity contribution in [2.75, 3.05) is 17.7 Å². The number of benzene rings is 2. The second kappa shape index (κ2) is 8.97. The maximum absolute atomic E-state index is 12.6. The summed E-state index contributed by atoms with van der Waals surface area (Å²) in [7, 11) is 1.62. The van der Waals surface area contributed by atoms with Crippen LogP contribution >= 0.6 is 0 Å². The highest BCUT2D eigenvalue weighted by Crippen LogP contribution is 2.19. The van der Waals surface area contributed by atoms with Crippen molar-refractivity contribution in [2.45, 2.75) is 20.4 Å². The Bertz CT molecular complexity index is 1030. The van der Waals surface area contributed by atoms with Gasteiger partial charge in [-0.15, -0.1) is 0 Å². The van der Waals surface area contributed by atoms with E-state index in [9.17, 15) is 9.59 Å². The number of Topliss-reactive ketones (excluding diaryl/α,β-unsaturated/α-hetero) is 1. The molecule has 2 aromatic carbocycles. The normalized spacial score (nSPS) is 10.3. The van der Waals surface area contributed by atoms with Gasteiger partial charge >= 0.3 is 0 Å². The zero-order valence-electron chi connectivity index (χ0n) is 16.5. The number of ketones is 1. The number of ether oxygens (including phenoxy) is 1. The van der Waals surface area contributed by atoms with Gasteiger partial charge in [0.15, 0.2) is 5.78 Å². The van der Waals surface area contributed by atoms with Crippen LogP contribution in [0.3, 0.4) is 0 Å². The van der Waals surface area contributed by atoms with Crippen LogP contribution in [0.2, 0.25) is 0 Å². The molecule has 0 saturated carbocycles. The van der Waals surface area contributed by atoms with Gasteiger partial charge in [-0.05, 0) is 44.2 Å². The Morgan fingerprint density at radius 1 is 1.03 bits per heavy atom. The minimum atomic E-state index is -0.355. The standard InChI is InChI=1S/C22H22N4O3/c1-14(27)16-8-10-18(11-9-16)26-22(28)19-12-21(25-15(2)24-19)23-13-17-6-4-5-7-20(17)29-3/h4-12H,13H2,1-3H3,(H,26,28)(H,23,24,25). The number of aryl methyl sites for hydroxylation is 1. The van der Waals surface area contributed by atoms with Gasteiger partial charge in [0.1, 0.15) is 23.1 Å². The summed E-state index contributed by atoms with van der Waals surface area (Å²) in [4.78, 5) is 32.5. The average Bonchev–Trinajstić information content (AvgIpc) is 2.72. The molecule has 3 rings (SSSR count). The molecule has 0 aliphatic heterocycles. The van der Waals surface area contributed by atoms with E-state index in [1.165, 1.54) is 6.92 Å². The van der Waals surface area contributed by atoms with Gasteiger partial charge in [-0.3, -0.25) is 9.59 Å². The van der Waals surface area contributed by atoms with Crippen LogP contribution in [-0.2, 0) is 6.54 Å². The van der Waals surface area contributed by atoms with Gasteiger partial charge in [0.2, 0.25) is 0 Å². The van der Waals surface area contributed by atoms with Crippen LogP contribution < -0.4 is 15.4 Å². The number of carbonyl (C=O) groups excluding carboxylic acids is 2. The fourth-order valence-corrected chi connectivity index (χ4v) is 2.79. The number of methoxy groups -OCH3 is 1. The molecular formula is C22H22N4O3. The molecule has 7 heteroatoms. The first-order chi connectivity index (χ1) is 14.0. The van der Waals surface area contributed by atoms with Crippen LogP contribution in [0.5, 0.6) is 5.75 Å². The van der Waals surface area contributed by atoms with Crippen molar-refractivity contribution in [3.63, 3.8) is 0 Å². The molecular weight excluding hydrogens is 368 g/mol. The van der Waals surface area contributed by atoms with Gasteiger partial charge in [-0.1, -0.05) is 18.2 Å². The van der Waals surface area contributed by atoms with E-state index in [4.69, 9.17) is 4.74 Å². The molecule has 0 aliphatic rings. The largest absolute Gasteiger partial charge is 0.496 e. The van der Waals surface area contributed by atoms with E-state index in [2.05, 4.69) is 20.6 Å². The van der Waals surface area contributed by atoms with E-state index >= 15 is 0 Å².